The number of hydrogen-bond donors (Lipinski definition) is 1. The number of aromatic nitrogens is 4. The zero-order valence-corrected chi connectivity index (χ0v) is 11.9. The number of para-hydroxylation sites is 1. The highest BCUT2D eigenvalue weighted by Gasteiger charge is 2.14. The third-order valence-electron chi connectivity index (χ3n) is 3.55. The molecule has 1 N–H and O–H groups in total. The molecule has 0 spiro atoms. The fourth-order valence-electron chi connectivity index (χ4n) is 2.58. The van der Waals surface area contributed by atoms with E-state index in [0.29, 0.717) is 12.1 Å². The first-order valence-corrected chi connectivity index (χ1v) is 6.78. The Morgan fingerprint density at radius 1 is 1.38 bits per heavy atom. The number of carbonyl (C=O) groups is 1. The molecule has 0 saturated heterocycles. The molecular weight excluding hydrogens is 268 g/mol. The Balaban J connectivity index is 2.05. The first-order chi connectivity index (χ1) is 10.1. The molecule has 2 heterocycles. The lowest BCUT2D eigenvalue weighted by molar-refractivity contribution is 0.0699. The van der Waals surface area contributed by atoms with E-state index in [2.05, 4.69) is 17.0 Å². The van der Waals surface area contributed by atoms with Gasteiger partial charge < -0.3 is 9.67 Å². The number of hydrogen-bond acceptors (Lipinski definition) is 3. The summed E-state index contributed by atoms with van der Waals surface area (Å²) in [5, 5.41) is 13.6. The maximum absolute atomic E-state index is 11.2. The van der Waals surface area contributed by atoms with Crippen LogP contribution in [0.5, 0.6) is 0 Å². The Kier molecular flexibility index (Phi) is 3.21. The Labute approximate surface area is 121 Å². The van der Waals surface area contributed by atoms with E-state index in [1.807, 2.05) is 23.9 Å². The molecule has 0 aliphatic rings. The van der Waals surface area contributed by atoms with Crippen molar-refractivity contribution in [2.45, 2.75) is 19.9 Å². The fourth-order valence-corrected chi connectivity index (χ4v) is 2.58. The second-order valence-corrected chi connectivity index (χ2v) is 4.98. The minimum atomic E-state index is -0.957. The van der Waals surface area contributed by atoms with E-state index in [4.69, 9.17) is 0 Å². The molecule has 2 aromatic heterocycles. The second-order valence-electron chi connectivity index (χ2n) is 4.98. The van der Waals surface area contributed by atoms with Crippen molar-refractivity contribution in [3.05, 3.63) is 47.5 Å². The van der Waals surface area contributed by atoms with Gasteiger partial charge in [-0.15, -0.1) is 0 Å². The van der Waals surface area contributed by atoms with E-state index < -0.39 is 5.97 Å². The van der Waals surface area contributed by atoms with Gasteiger partial charge in [-0.25, -0.2) is 9.78 Å². The number of fused-ring (bicyclic) bond motifs is 1. The highest BCUT2D eigenvalue weighted by Crippen LogP contribution is 2.19. The number of carboxylic acid groups (broad SMARTS) is 1. The quantitative estimate of drug-likeness (QED) is 0.796. The molecule has 21 heavy (non-hydrogen) atoms. The molecular formula is C15H16N4O2. The van der Waals surface area contributed by atoms with Crippen LogP contribution in [0.15, 0.2) is 30.7 Å². The summed E-state index contributed by atoms with van der Waals surface area (Å²) in [4.78, 5) is 15.5. The molecule has 1 aromatic carbocycles. The molecule has 6 heteroatoms. The van der Waals surface area contributed by atoms with Crippen molar-refractivity contribution in [2.75, 3.05) is 0 Å². The van der Waals surface area contributed by atoms with Crippen molar-refractivity contribution in [3.63, 3.8) is 0 Å². The van der Waals surface area contributed by atoms with Crippen LogP contribution in [-0.4, -0.2) is 30.4 Å². The molecule has 0 radical (unpaired) electrons. The van der Waals surface area contributed by atoms with Gasteiger partial charge >= 0.3 is 5.97 Å². The number of aromatic carboxylic acids is 1. The second kappa shape index (κ2) is 5.05. The van der Waals surface area contributed by atoms with Crippen LogP contribution in [0.3, 0.4) is 0 Å². The monoisotopic (exact) mass is 284 g/mol. The van der Waals surface area contributed by atoms with Crippen LogP contribution in [0.1, 0.15) is 28.5 Å². The van der Waals surface area contributed by atoms with Crippen molar-refractivity contribution >= 4 is 17.0 Å². The molecule has 0 atom stereocenters. The molecule has 0 fully saturated rings. The molecule has 6 nitrogen and oxygen atoms in total. The third kappa shape index (κ3) is 2.29. The predicted molar refractivity (Wildman–Crippen MR) is 78.4 cm³/mol. The van der Waals surface area contributed by atoms with Crippen LogP contribution in [-0.2, 0) is 20.0 Å². The highest BCUT2D eigenvalue weighted by molar-refractivity contribution is 6.00. The van der Waals surface area contributed by atoms with E-state index in [1.165, 1.54) is 0 Å². The van der Waals surface area contributed by atoms with E-state index >= 15 is 0 Å². The first-order valence-electron chi connectivity index (χ1n) is 6.78. The zero-order valence-electron chi connectivity index (χ0n) is 11.9. The largest absolute Gasteiger partial charge is 0.478 e. The molecule has 0 aliphatic carbocycles. The maximum Gasteiger partial charge on any atom is 0.337 e. The average molecular weight is 284 g/mol. The Bertz CT molecular complexity index is 816. The van der Waals surface area contributed by atoms with Gasteiger partial charge in [0.2, 0.25) is 0 Å². The standard InChI is InChI=1S/C15H16N4O2/c1-3-12-10(7-18(2)17-12)8-19-9-16-14-11(15(20)21)5-4-6-13(14)19/h4-7,9H,3,8H2,1-2H3,(H,20,21). The van der Waals surface area contributed by atoms with Gasteiger partial charge in [-0.3, -0.25) is 4.68 Å². The molecule has 108 valence electrons. The van der Waals surface area contributed by atoms with Crippen LogP contribution >= 0.6 is 0 Å². The van der Waals surface area contributed by atoms with Crippen molar-refractivity contribution < 1.29 is 9.90 Å². The van der Waals surface area contributed by atoms with Crippen molar-refractivity contribution in [2.24, 2.45) is 7.05 Å². The summed E-state index contributed by atoms with van der Waals surface area (Å²) in [6.07, 6.45) is 4.54. The summed E-state index contributed by atoms with van der Waals surface area (Å²) < 4.78 is 3.76. The summed E-state index contributed by atoms with van der Waals surface area (Å²) in [7, 11) is 1.90. The SMILES string of the molecule is CCc1nn(C)cc1Cn1cnc2c(C(=O)O)cccc21. The minimum absolute atomic E-state index is 0.230. The van der Waals surface area contributed by atoms with Crippen LogP contribution in [0.4, 0.5) is 0 Å². The van der Waals surface area contributed by atoms with Gasteiger partial charge in [-0.2, -0.15) is 5.10 Å². The van der Waals surface area contributed by atoms with Gasteiger partial charge in [-0.1, -0.05) is 13.0 Å². The topological polar surface area (TPSA) is 72.9 Å². The van der Waals surface area contributed by atoms with Crippen LogP contribution in [0, 0.1) is 0 Å². The minimum Gasteiger partial charge on any atom is -0.478 e. The van der Waals surface area contributed by atoms with Crippen molar-refractivity contribution in [1.82, 2.24) is 19.3 Å². The third-order valence-corrected chi connectivity index (χ3v) is 3.55. The molecule has 0 saturated carbocycles. The lowest BCUT2D eigenvalue weighted by atomic mass is 10.1. The Morgan fingerprint density at radius 2 is 2.19 bits per heavy atom. The van der Waals surface area contributed by atoms with Gasteiger partial charge in [0.15, 0.2) is 0 Å². The summed E-state index contributed by atoms with van der Waals surface area (Å²) in [5.41, 5.74) is 3.75. The Hall–Kier alpha value is -2.63. The lowest BCUT2D eigenvalue weighted by Crippen LogP contribution is -2.01. The van der Waals surface area contributed by atoms with Crippen LogP contribution in [0.2, 0.25) is 0 Å². The van der Waals surface area contributed by atoms with E-state index in [0.717, 1.165) is 23.2 Å². The van der Waals surface area contributed by atoms with Gasteiger partial charge in [0, 0.05) is 18.8 Å². The lowest BCUT2D eigenvalue weighted by Gasteiger charge is -2.04. The van der Waals surface area contributed by atoms with Gasteiger partial charge in [0.05, 0.1) is 29.6 Å². The zero-order chi connectivity index (χ0) is 15.0. The number of rotatable bonds is 4. The van der Waals surface area contributed by atoms with E-state index in [9.17, 15) is 9.90 Å². The number of imidazole rings is 1. The van der Waals surface area contributed by atoms with E-state index in [1.54, 1.807) is 23.1 Å². The molecule has 0 bridgehead atoms. The van der Waals surface area contributed by atoms with Crippen LogP contribution < -0.4 is 0 Å². The summed E-state index contributed by atoms with van der Waals surface area (Å²) in [6.45, 7) is 2.71. The normalized spacial score (nSPS) is 11.1. The maximum atomic E-state index is 11.2. The first kappa shape index (κ1) is 13.4. The number of carboxylic acids is 1. The number of aryl methyl sites for hydroxylation is 2. The van der Waals surface area contributed by atoms with Crippen molar-refractivity contribution in [3.8, 4) is 0 Å². The van der Waals surface area contributed by atoms with E-state index in [-0.39, 0.29) is 5.56 Å². The molecule has 0 amide bonds. The molecule has 0 unspecified atom stereocenters. The highest BCUT2D eigenvalue weighted by atomic mass is 16.4. The molecule has 3 rings (SSSR count). The number of nitrogens with zero attached hydrogens (tertiary/aromatic N) is 4. The van der Waals surface area contributed by atoms with Crippen LogP contribution in [0.25, 0.3) is 11.0 Å². The molecule has 3 aromatic rings. The fraction of sp³-hybridized carbons (Fsp3) is 0.267. The summed E-state index contributed by atoms with van der Waals surface area (Å²) in [5.74, 6) is -0.957. The predicted octanol–water partition coefficient (Wildman–Crippen LogP) is 2.08. The molecule has 0 aliphatic heterocycles. The summed E-state index contributed by atoms with van der Waals surface area (Å²) >= 11 is 0. The van der Waals surface area contributed by atoms with Gasteiger partial charge in [0.25, 0.3) is 0 Å². The van der Waals surface area contributed by atoms with Gasteiger partial charge in [0.1, 0.15) is 5.52 Å². The van der Waals surface area contributed by atoms with Gasteiger partial charge in [-0.05, 0) is 18.6 Å². The summed E-state index contributed by atoms with van der Waals surface area (Å²) in [6, 6.07) is 5.20. The average Bonchev–Trinajstić information content (AvgIpc) is 3.02. The smallest absolute Gasteiger partial charge is 0.337 e. The van der Waals surface area contributed by atoms with Crippen molar-refractivity contribution in [1.29, 1.82) is 0 Å². The number of benzene rings is 1. The Morgan fingerprint density at radius 3 is 2.90 bits per heavy atom.